The first-order chi connectivity index (χ1) is 9.56. The Bertz CT molecular complexity index is 497. The van der Waals surface area contributed by atoms with Crippen LogP contribution in [0, 0.1) is 5.92 Å². The lowest BCUT2D eigenvalue weighted by Gasteiger charge is -2.33. The smallest absolute Gasteiger partial charge is 0.252 e. The fourth-order valence-electron chi connectivity index (χ4n) is 3.15. The van der Waals surface area contributed by atoms with Gasteiger partial charge in [-0.1, -0.05) is 20.3 Å². The number of nitrogens with one attached hydrogen (secondary N) is 1. The Morgan fingerprint density at radius 3 is 2.85 bits per heavy atom. The Balaban J connectivity index is 2.34. The average Bonchev–Trinajstić information content (AvgIpc) is 2.87. The number of hydrogen-bond donors (Lipinski definition) is 2. The summed E-state index contributed by atoms with van der Waals surface area (Å²) in [6, 6.07) is 2.03. The van der Waals surface area contributed by atoms with E-state index in [9.17, 15) is 4.79 Å². The molecular formula is C15H26N4O. The predicted octanol–water partition coefficient (Wildman–Crippen LogP) is 1.85. The molecule has 2 atom stereocenters. The van der Waals surface area contributed by atoms with E-state index < -0.39 is 0 Å². The van der Waals surface area contributed by atoms with E-state index in [1.165, 1.54) is 12.8 Å². The van der Waals surface area contributed by atoms with E-state index in [4.69, 9.17) is 5.73 Å². The highest BCUT2D eigenvalue weighted by atomic mass is 16.1. The van der Waals surface area contributed by atoms with Crippen molar-refractivity contribution in [2.75, 3.05) is 18.0 Å². The van der Waals surface area contributed by atoms with Crippen molar-refractivity contribution in [3.8, 4) is 0 Å². The van der Waals surface area contributed by atoms with Crippen LogP contribution in [0.25, 0.3) is 0 Å². The molecule has 0 aliphatic heterocycles. The third-order valence-corrected chi connectivity index (χ3v) is 4.25. The van der Waals surface area contributed by atoms with Crippen LogP contribution in [0.3, 0.4) is 0 Å². The zero-order chi connectivity index (χ0) is 14.7. The molecule has 0 spiro atoms. The van der Waals surface area contributed by atoms with Crippen molar-refractivity contribution >= 4 is 5.82 Å². The quantitative estimate of drug-likeness (QED) is 0.862. The molecule has 2 rings (SSSR count). The van der Waals surface area contributed by atoms with Crippen LogP contribution in [-0.2, 0) is 0 Å². The van der Waals surface area contributed by atoms with Crippen LogP contribution in [0.5, 0.6) is 0 Å². The van der Waals surface area contributed by atoms with E-state index in [0.29, 0.717) is 18.5 Å². The average molecular weight is 278 g/mol. The summed E-state index contributed by atoms with van der Waals surface area (Å²) >= 11 is 0. The molecule has 0 saturated heterocycles. The Morgan fingerprint density at radius 1 is 1.50 bits per heavy atom. The van der Waals surface area contributed by atoms with Gasteiger partial charge in [0.25, 0.3) is 5.56 Å². The van der Waals surface area contributed by atoms with Crippen molar-refractivity contribution in [2.24, 2.45) is 11.7 Å². The van der Waals surface area contributed by atoms with Gasteiger partial charge in [-0.3, -0.25) is 4.79 Å². The Labute approximate surface area is 120 Å². The highest BCUT2D eigenvalue weighted by molar-refractivity contribution is 5.39. The molecule has 2 unspecified atom stereocenters. The lowest BCUT2D eigenvalue weighted by Crippen LogP contribution is -2.41. The molecule has 1 heterocycles. The zero-order valence-corrected chi connectivity index (χ0v) is 12.7. The maximum atomic E-state index is 11.9. The number of nitrogens with zero attached hydrogens (tertiary/aromatic N) is 2. The molecule has 1 fully saturated rings. The molecule has 0 amide bonds. The van der Waals surface area contributed by atoms with E-state index in [-0.39, 0.29) is 11.5 Å². The number of H-pyrrole nitrogens is 1. The molecule has 112 valence electrons. The van der Waals surface area contributed by atoms with Gasteiger partial charge in [-0.2, -0.15) is 0 Å². The number of hydrogen-bond acceptors (Lipinski definition) is 4. The van der Waals surface area contributed by atoms with Gasteiger partial charge in [0.1, 0.15) is 11.6 Å². The molecule has 5 heteroatoms. The van der Waals surface area contributed by atoms with Crippen molar-refractivity contribution < 1.29 is 0 Å². The molecular weight excluding hydrogens is 252 g/mol. The first-order valence-corrected chi connectivity index (χ1v) is 7.64. The van der Waals surface area contributed by atoms with Gasteiger partial charge in [-0.25, -0.2) is 4.98 Å². The van der Waals surface area contributed by atoms with Gasteiger partial charge in [-0.15, -0.1) is 0 Å². The molecule has 5 nitrogen and oxygen atoms in total. The lowest BCUT2D eigenvalue weighted by molar-refractivity contribution is 0.458. The Morgan fingerprint density at radius 2 is 2.25 bits per heavy atom. The summed E-state index contributed by atoms with van der Waals surface area (Å²) in [7, 11) is 0. The van der Waals surface area contributed by atoms with Crippen molar-refractivity contribution in [3.05, 3.63) is 22.2 Å². The second kappa shape index (κ2) is 6.39. The minimum Gasteiger partial charge on any atom is -0.353 e. The monoisotopic (exact) mass is 278 g/mol. The summed E-state index contributed by atoms with van der Waals surface area (Å²) in [4.78, 5) is 21.6. The minimum atomic E-state index is -0.0700. The van der Waals surface area contributed by atoms with E-state index in [2.05, 4.69) is 21.8 Å². The van der Waals surface area contributed by atoms with Crippen molar-refractivity contribution in [3.63, 3.8) is 0 Å². The topological polar surface area (TPSA) is 75.0 Å². The molecule has 1 aliphatic carbocycles. The summed E-state index contributed by atoms with van der Waals surface area (Å²) in [5.41, 5.74) is 5.82. The molecule has 0 radical (unpaired) electrons. The first-order valence-electron chi connectivity index (χ1n) is 7.64. The Kier molecular flexibility index (Phi) is 4.81. The van der Waals surface area contributed by atoms with E-state index in [1.54, 1.807) is 6.07 Å². The number of aromatic nitrogens is 2. The van der Waals surface area contributed by atoms with E-state index in [1.807, 2.05) is 13.8 Å². The van der Waals surface area contributed by atoms with E-state index in [0.717, 1.165) is 24.6 Å². The van der Waals surface area contributed by atoms with Crippen LogP contribution in [0.15, 0.2) is 10.9 Å². The summed E-state index contributed by atoms with van der Waals surface area (Å²) in [6.07, 6.45) is 3.53. The second-order valence-corrected chi connectivity index (χ2v) is 5.92. The fraction of sp³-hybridized carbons (Fsp3) is 0.733. The van der Waals surface area contributed by atoms with Gasteiger partial charge in [0.2, 0.25) is 0 Å². The molecule has 1 aromatic heterocycles. The summed E-state index contributed by atoms with van der Waals surface area (Å²) in [5.74, 6) is 2.28. The zero-order valence-electron chi connectivity index (χ0n) is 12.7. The van der Waals surface area contributed by atoms with Crippen LogP contribution in [0.4, 0.5) is 5.82 Å². The standard InChI is InChI=1S/C15H26N4O/c1-4-19(12-7-5-6-11(12)9-16)13-8-14(20)18-15(17-13)10(2)3/h8,10-12H,4-7,9,16H2,1-3H3,(H,17,18,20). The summed E-state index contributed by atoms with van der Waals surface area (Å²) in [5, 5.41) is 0. The molecule has 20 heavy (non-hydrogen) atoms. The summed E-state index contributed by atoms with van der Waals surface area (Å²) in [6.45, 7) is 7.76. The number of anilines is 1. The predicted molar refractivity (Wildman–Crippen MR) is 82.2 cm³/mol. The van der Waals surface area contributed by atoms with Crippen LogP contribution in [0.2, 0.25) is 0 Å². The molecule has 3 N–H and O–H groups in total. The molecule has 1 aliphatic rings. The molecule has 0 bridgehead atoms. The second-order valence-electron chi connectivity index (χ2n) is 5.92. The van der Waals surface area contributed by atoms with Gasteiger partial charge < -0.3 is 15.6 Å². The van der Waals surface area contributed by atoms with Crippen LogP contribution < -0.4 is 16.2 Å². The Hall–Kier alpha value is -1.36. The highest BCUT2D eigenvalue weighted by Gasteiger charge is 2.31. The maximum absolute atomic E-state index is 11.9. The van der Waals surface area contributed by atoms with Gasteiger partial charge in [-0.05, 0) is 32.2 Å². The maximum Gasteiger partial charge on any atom is 0.252 e. The van der Waals surface area contributed by atoms with E-state index >= 15 is 0 Å². The van der Waals surface area contributed by atoms with Crippen LogP contribution in [-0.4, -0.2) is 29.1 Å². The summed E-state index contributed by atoms with van der Waals surface area (Å²) < 4.78 is 0. The van der Waals surface area contributed by atoms with Gasteiger partial charge in [0, 0.05) is 24.6 Å². The van der Waals surface area contributed by atoms with Gasteiger partial charge in [0.05, 0.1) is 0 Å². The molecule has 0 aromatic carbocycles. The van der Waals surface area contributed by atoms with Crippen LogP contribution >= 0.6 is 0 Å². The van der Waals surface area contributed by atoms with Crippen LogP contribution in [0.1, 0.15) is 51.8 Å². The number of aromatic amines is 1. The lowest BCUT2D eigenvalue weighted by atomic mass is 10.0. The third-order valence-electron chi connectivity index (χ3n) is 4.25. The molecule has 1 aromatic rings. The normalized spacial score (nSPS) is 22.4. The van der Waals surface area contributed by atoms with Gasteiger partial charge >= 0.3 is 0 Å². The fourth-order valence-corrected chi connectivity index (χ4v) is 3.15. The highest BCUT2D eigenvalue weighted by Crippen LogP contribution is 2.31. The largest absolute Gasteiger partial charge is 0.353 e. The SMILES string of the molecule is CCN(c1cc(=O)[nH]c(C(C)C)n1)C1CCCC1CN. The van der Waals surface area contributed by atoms with Gasteiger partial charge in [0.15, 0.2) is 0 Å². The first kappa shape index (κ1) is 15.0. The number of nitrogens with two attached hydrogens (primary N) is 1. The minimum absolute atomic E-state index is 0.0700. The molecule has 1 saturated carbocycles. The third kappa shape index (κ3) is 3.03. The van der Waals surface area contributed by atoms with Crippen molar-refractivity contribution in [1.82, 2.24) is 9.97 Å². The number of rotatable bonds is 5. The van der Waals surface area contributed by atoms with Crippen molar-refractivity contribution in [1.29, 1.82) is 0 Å². The van der Waals surface area contributed by atoms with Crippen molar-refractivity contribution in [2.45, 2.75) is 52.0 Å².